The van der Waals surface area contributed by atoms with Crippen LogP contribution in [0.25, 0.3) is 11.1 Å². The minimum atomic E-state index is 0.141. The average molecular weight is 399 g/mol. The SMILES string of the molecule is C/N=C1/C(c2ccc(C(C)(C)C)cc2)=CC(C)=C(c2ccc(C(C)C)cc2)/C1=N/C. The third-order valence-corrected chi connectivity index (χ3v) is 5.85. The monoisotopic (exact) mass is 398 g/mol. The fraction of sp³-hybridized carbons (Fsp3) is 0.357. The van der Waals surface area contributed by atoms with Gasteiger partial charge in [-0.1, -0.05) is 83.1 Å². The zero-order valence-corrected chi connectivity index (χ0v) is 19.7. The summed E-state index contributed by atoms with van der Waals surface area (Å²) in [6, 6.07) is 17.7. The van der Waals surface area contributed by atoms with Gasteiger partial charge in [0.2, 0.25) is 0 Å². The minimum absolute atomic E-state index is 0.141. The summed E-state index contributed by atoms with van der Waals surface area (Å²) >= 11 is 0. The van der Waals surface area contributed by atoms with Crippen LogP contribution < -0.4 is 0 Å². The van der Waals surface area contributed by atoms with Gasteiger partial charge in [-0.25, -0.2) is 0 Å². The molecule has 0 saturated carbocycles. The van der Waals surface area contributed by atoms with Gasteiger partial charge in [0.25, 0.3) is 0 Å². The van der Waals surface area contributed by atoms with E-state index in [2.05, 4.69) is 106 Å². The molecule has 0 spiro atoms. The van der Waals surface area contributed by atoms with Crippen LogP contribution in [0.15, 0.2) is 70.2 Å². The molecule has 1 aliphatic rings. The number of hydrogen-bond donors (Lipinski definition) is 0. The Labute approximate surface area is 182 Å². The van der Waals surface area contributed by atoms with Gasteiger partial charge in [-0.3, -0.25) is 9.98 Å². The van der Waals surface area contributed by atoms with Crippen LogP contribution in [0.1, 0.15) is 69.7 Å². The molecule has 1 aliphatic carbocycles. The maximum atomic E-state index is 4.69. The first-order chi connectivity index (χ1) is 14.2. The minimum Gasteiger partial charge on any atom is -0.286 e. The molecule has 0 N–H and O–H groups in total. The molecule has 0 atom stereocenters. The quantitative estimate of drug-likeness (QED) is 0.492. The smallest absolute Gasteiger partial charge is 0.0910 e. The predicted octanol–water partition coefficient (Wildman–Crippen LogP) is 7.12. The molecular weight excluding hydrogens is 364 g/mol. The molecule has 2 nitrogen and oxygen atoms in total. The van der Waals surface area contributed by atoms with E-state index in [1.165, 1.54) is 33.4 Å². The third-order valence-electron chi connectivity index (χ3n) is 5.85. The lowest BCUT2D eigenvalue weighted by Crippen LogP contribution is -2.22. The Morgan fingerprint density at radius 2 is 1.27 bits per heavy atom. The number of nitrogens with zero attached hydrogens (tertiary/aromatic N) is 2. The van der Waals surface area contributed by atoms with Crippen LogP contribution in [0, 0.1) is 0 Å². The molecule has 0 saturated heterocycles. The summed E-state index contributed by atoms with van der Waals surface area (Å²) in [5, 5.41) is 0. The summed E-state index contributed by atoms with van der Waals surface area (Å²) in [4.78, 5) is 9.35. The molecule has 2 aromatic rings. The summed E-state index contributed by atoms with van der Waals surface area (Å²) in [6.45, 7) is 13.3. The molecule has 3 rings (SSSR count). The maximum Gasteiger partial charge on any atom is 0.0910 e. The molecule has 0 aliphatic heterocycles. The number of allylic oxidation sites excluding steroid dienone is 4. The number of aliphatic imine (C=N–C) groups is 2. The zero-order chi connectivity index (χ0) is 22.1. The Balaban J connectivity index is 2.11. The van der Waals surface area contributed by atoms with Crippen molar-refractivity contribution in [3.8, 4) is 0 Å². The van der Waals surface area contributed by atoms with Gasteiger partial charge < -0.3 is 0 Å². The Hall–Kier alpha value is -2.74. The van der Waals surface area contributed by atoms with Gasteiger partial charge in [0, 0.05) is 25.2 Å². The molecule has 0 fully saturated rings. The first-order valence-corrected chi connectivity index (χ1v) is 10.8. The van der Waals surface area contributed by atoms with E-state index in [1.807, 2.05) is 14.1 Å². The molecule has 2 heteroatoms. The second-order valence-corrected chi connectivity index (χ2v) is 9.36. The van der Waals surface area contributed by atoms with Crippen LogP contribution in [0.5, 0.6) is 0 Å². The van der Waals surface area contributed by atoms with E-state index in [0.29, 0.717) is 5.92 Å². The Morgan fingerprint density at radius 1 is 0.733 bits per heavy atom. The lowest BCUT2D eigenvalue weighted by Gasteiger charge is -2.24. The third kappa shape index (κ3) is 4.23. The molecule has 156 valence electrons. The summed E-state index contributed by atoms with van der Waals surface area (Å²) in [5.74, 6) is 0.523. The maximum absolute atomic E-state index is 4.69. The highest BCUT2D eigenvalue weighted by Crippen LogP contribution is 2.34. The molecule has 0 radical (unpaired) electrons. The van der Waals surface area contributed by atoms with Crippen molar-refractivity contribution in [3.05, 3.63) is 82.4 Å². The van der Waals surface area contributed by atoms with Crippen LogP contribution in [0.3, 0.4) is 0 Å². The summed E-state index contributed by atoms with van der Waals surface area (Å²) in [7, 11) is 3.72. The van der Waals surface area contributed by atoms with E-state index < -0.39 is 0 Å². The summed E-state index contributed by atoms with van der Waals surface area (Å²) in [6.07, 6.45) is 2.26. The fourth-order valence-electron chi connectivity index (χ4n) is 4.00. The molecule has 0 bridgehead atoms. The topological polar surface area (TPSA) is 24.7 Å². The van der Waals surface area contributed by atoms with Crippen LogP contribution in [0.4, 0.5) is 0 Å². The van der Waals surface area contributed by atoms with E-state index in [4.69, 9.17) is 0 Å². The number of rotatable bonds is 3. The normalized spacial score (nSPS) is 17.8. The van der Waals surface area contributed by atoms with E-state index in [9.17, 15) is 0 Å². The highest BCUT2D eigenvalue weighted by molar-refractivity contribution is 6.70. The molecule has 2 aromatic carbocycles. The lowest BCUT2D eigenvalue weighted by molar-refractivity contribution is 0.590. The Kier molecular flexibility index (Phi) is 6.26. The van der Waals surface area contributed by atoms with Crippen LogP contribution >= 0.6 is 0 Å². The van der Waals surface area contributed by atoms with E-state index in [-0.39, 0.29) is 5.41 Å². The second kappa shape index (κ2) is 8.55. The van der Waals surface area contributed by atoms with Gasteiger partial charge in [-0.2, -0.15) is 0 Å². The molecule has 0 amide bonds. The van der Waals surface area contributed by atoms with E-state index in [0.717, 1.165) is 17.0 Å². The van der Waals surface area contributed by atoms with Gasteiger partial charge in [0.1, 0.15) is 0 Å². The van der Waals surface area contributed by atoms with Crippen molar-refractivity contribution in [2.45, 2.75) is 52.9 Å². The average Bonchev–Trinajstić information content (AvgIpc) is 2.72. The van der Waals surface area contributed by atoms with Crippen molar-refractivity contribution in [1.82, 2.24) is 0 Å². The first kappa shape index (κ1) is 22.0. The highest BCUT2D eigenvalue weighted by atomic mass is 14.8. The molecule has 0 unspecified atom stereocenters. The summed E-state index contributed by atoms with van der Waals surface area (Å²) in [5.41, 5.74) is 10.6. The van der Waals surface area contributed by atoms with Gasteiger partial charge in [-0.05, 0) is 52.2 Å². The van der Waals surface area contributed by atoms with Crippen molar-refractivity contribution in [3.63, 3.8) is 0 Å². The number of hydrogen-bond acceptors (Lipinski definition) is 2. The second-order valence-electron chi connectivity index (χ2n) is 9.36. The van der Waals surface area contributed by atoms with Crippen LogP contribution in [0.2, 0.25) is 0 Å². The molecular formula is C28H34N2. The lowest BCUT2D eigenvalue weighted by atomic mass is 9.81. The van der Waals surface area contributed by atoms with Crippen LogP contribution in [-0.4, -0.2) is 25.5 Å². The largest absolute Gasteiger partial charge is 0.286 e. The molecule has 0 heterocycles. The Bertz CT molecular complexity index is 1040. The Morgan fingerprint density at radius 3 is 1.73 bits per heavy atom. The van der Waals surface area contributed by atoms with Gasteiger partial charge >= 0.3 is 0 Å². The van der Waals surface area contributed by atoms with Crippen molar-refractivity contribution >= 4 is 22.6 Å². The number of benzene rings is 2. The zero-order valence-electron chi connectivity index (χ0n) is 19.7. The van der Waals surface area contributed by atoms with E-state index in [1.54, 1.807) is 0 Å². The van der Waals surface area contributed by atoms with Crippen molar-refractivity contribution in [2.75, 3.05) is 14.1 Å². The van der Waals surface area contributed by atoms with Crippen molar-refractivity contribution < 1.29 is 0 Å². The highest BCUT2D eigenvalue weighted by Gasteiger charge is 2.26. The van der Waals surface area contributed by atoms with Crippen LogP contribution in [-0.2, 0) is 5.41 Å². The molecule has 30 heavy (non-hydrogen) atoms. The predicted molar refractivity (Wildman–Crippen MR) is 133 cm³/mol. The summed E-state index contributed by atoms with van der Waals surface area (Å²) < 4.78 is 0. The first-order valence-electron chi connectivity index (χ1n) is 10.8. The van der Waals surface area contributed by atoms with Gasteiger partial charge in [0.15, 0.2) is 0 Å². The fourth-order valence-corrected chi connectivity index (χ4v) is 4.00. The van der Waals surface area contributed by atoms with Gasteiger partial charge in [-0.15, -0.1) is 0 Å². The molecule has 0 aromatic heterocycles. The van der Waals surface area contributed by atoms with E-state index >= 15 is 0 Å². The van der Waals surface area contributed by atoms with Crippen molar-refractivity contribution in [2.24, 2.45) is 9.98 Å². The van der Waals surface area contributed by atoms with Crippen molar-refractivity contribution in [1.29, 1.82) is 0 Å². The van der Waals surface area contributed by atoms with Gasteiger partial charge in [0.05, 0.1) is 11.4 Å². The standard InChI is InChI=1S/C28H34N2/c1-18(2)20-9-11-22(12-10-20)25-19(3)17-24(26(29-7)27(25)30-8)21-13-15-23(16-14-21)28(4,5)6/h9-18H,1-8H3/b29-26-,30-27-.